The SMILES string of the molecule is CCCc1cc(C(=O)N2CCC2C(=O)NO)cc(OC(F)(F)F)c1OC. The standard InChI is InChI=1S/C16H19F3N2O5/c1-3-4-9-7-10(8-12(13(9)25-2)26-16(17,18)19)15(23)21-6-5-11(21)14(22)20-24/h7-8,11,24H,3-6H2,1-2H3,(H,20,22). The van der Waals surface area contributed by atoms with Crippen molar-refractivity contribution in [2.75, 3.05) is 13.7 Å². The van der Waals surface area contributed by atoms with E-state index in [-0.39, 0.29) is 17.9 Å². The molecule has 1 fully saturated rings. The molecule has 10 heteroatoms. The molecule has 1 unspecified atom stereocenters. The van der Waals surface area contributed by atoms with Gasteiger partial charge in [0.15, 0.2) is 11.5 Å². The molecule has 1 aliphatic heterocycles. The molecule has 2 amide bonds. The number of halogens is 3. The van der Waals surface area contributed by atoms with Crippen molar-refractivity contribution in [1.82, 2.24) is 10.4 Å². The van der Waals surface area contributed by atoms with Gasteiger partial charge >= 0.3 is 6.36 Å². The minimum atomic E-state index is -4.95. The molecule has 2 N–H and O–H groups in total. The van der Waals surface area contributed by atoms with Gasteiger partial charge in [0.2, 0.25) is 0 Å². The van der Waals surface area contributed by atoms with Crippen LogP contribution in [0.15, 0.2) is 12.1 Å². The fraction of sp³-hybridized carbons (Fsp3) is 0.500. The van der Waals surface area contributed by atoms with Gasteiger partial charge in [0.25, 0.3) is 11.8 Å². The van der Waals surface area contributed by atoms with Crippen molar-refractivity contribution in [2.45, 2.75) is 38.6 Å². The number of ether oxygens (including phenoxy) is 2. The fourth-order valence-corrected chi connectivity index (χ4v) is 2.81. The van der Waals surface area contributed by atoms with Crippen molar-refractivity contribution >= 4 is 11.8 Å². The number of aryl methyl sites for hydroxylation is 1. The lowest BCUT2D eigenvalue weighted by Crippen LogP contribution is -2.57. The number of benzene rings is 1. The third-order valence-corrected chi connectivity index (χ3v) is 4.02. The Labute approximate surface area is 147 Å². The van der Waals surface area contributed by atoms with Crippen molar-refractivity contribution in [3.8, 4) is 11.5 Å². The van der Waals surface area contributed by atoms with E-state index in [9.17, 15) is 22.8 Å². The summed E-state index contributed by atoms with van der Waals surface area (Å²) in [6, 6.07) is 1.51. The summed E-state index contributed by atoms with van der Waals surface area (Å²) in [7, 11) is 1.22. The number of hydrogen-bond acceptors (Lipinski definition) is 5. The van der Waals surface area contributed by atoms with Gasteiger partial charge in [-0.1, -0.05) is 13.3 Å². The van der Waals surface area contributed by atoms with Crippen molar-refractivity contribution in [2.24, 2.45) is 0 Å². The second-order valence-electron chi connectivity index (χ2n) is 5.74. The highest BCUT2D eigenvalue weighted by Crippen LogP contribution is 2.38. The minimum absolute atomic E-state index is 0.0519. The highest BCUT2D eigenvalue weighted by molar-refractivity contribution is 5.99. The Bertz CT molecular complexity index is 693. The molecule has 1 aliphatic rings. The van der Waals surface area contributed by atoms with Crippen LogP contribution in [0.5, 0.6) is 11.5 Å². The summed E-state index contributed by atoms with van der Waals surface area (Å²) in [6.07, 6.45) is -3.62. The molecule has 1 aromatic carbocycles. The molecule has 2 rings (SSSR count). The first kappa shape index (κ1) is 19.8. The van der Waals surface area contributed by atoms with E-state index in [2.05, 4.69) is 4.74 Å². The highest BCUT2D eigenvalue weighted by atomic mass is 19.4. The van der Waals surface area contributed by atoms with Crippen molar-refractivity contribution in [3.63, 3.8) is 0 Å². The Kier molecular flexibility index (Phi) is 5.96. The van der Waals surface area contributed by atoms with Crippen LogP contribution in [-0.2, 0) is 11.2 Å². The minimum Gasteiger partial charge on any atom is -0.493 e. The monoisotopic (exact) mass is 376 g/mol. The number of hydrogen-bond donors (Lipinski definition) is 2. The smallest absolute Gasteiger partial charge is 0.493 e. The topological polar surface area (TPSA) is 88.1 Å². The maximum absolute atomic E-state index is 12.7. The number of carbonyl (C=O) groups excluding carboxylic acids is 2. The lowest BCUT2D eigenvalue weighted by Gasteiger charge is -2.39. The molecule has 26 heavy (non-hydrogen) atoms. The zero-order valence-corrected chi connectivity index (χ0v) is 14.2. The van der Waals surface area contributed by atoms with E-state index in [0.29, 0.717) is 24.8 Å². The first-order valence-corrected chi connectivity index (χ1v) is 7.93. The lowest BCUT2D eigenvalue weighted by atomic mass is 9.98. The number of carbonyl (C=O) groups is 2. The lowest BCUT2D eigenvalue weighted by molar-refractivity contribution is -0.275. The summed E-state index contributed by atoms with van der Waals surface area (Å²) in [5.41, 5.74) is 1.81. The van der Waals surface area contributed by atoms with Crippen LogP contribution in [0.4, 0.5) is 13.2 Å². The molecule has 1 atom stereocenters. The molecule has 1 aromatic rings. The molecular weight excluding hydrogens is 357 g/mol. The number of nitrogens with one attached hydrogen (secondary N) is 1. The van der Waals surface area contributed by atoms with Crippen LogP contribution in [0.2, 0.25) is 0 Å². The second-order valence-corrected chi connectivity index (χ2v) is 5.74. The second kappa shape index (κ2) is 7.81. The Morgan fingerprint density at radius 2 is 2.08 bits per heavy atom. The molecule has 1 heterocycles. The average molecular weight is 376 g/mol. The molecule has 7 nitrogen and oxygen atoms in total. The van der Waals surface area contributed by atoms with Crippen LogP contribution in [0, 0.1) is 0 Å². The average Bonchev–Trinajstić information content (AvgIpc) is 2.52. The maximum atomic E-state index is 12.7. The van der Waals surface area contributed by atoms with E-state index < -0.39 is 30.0 Å². The predicted molar refractivity (Wildman–Crippen MR) is 83.0 cm³/mol. The summed E-state index contributed by atoms with van der Waals surface area (Å²) in [4.78, 5) is 25.3. The van der Waals surface area contributed by atoms with Gasteiger partial charge in [-0.3, -0.25) is 14.8 Å². The summed E-state index contributed by atoms with van der Waals surface area (Å²) in [5.74, 6) is -2.08. The van der Waals surface area contributed by atoms with Crippen molar-refractivity contribution < 1.29 is 37.4 Å². The number of rotatable bonds is 6. The van der Waals surface area contributed by atoms with Crippen LogP contribution in [0.1, 0.15) is 35.7 Å². The Morgan fingerprint density at radius 1 is 1.38 bits per heavy atom. The zero-order chi connectivity index (χ0) is 19.5. The van der Waals surface area contributed by atoms with Gasteiger partial charge in [-0.15, -0.1) is 13.2 Å². The summed E-state index contributed by atoms with van der Waals surface area (Å²) in [6.45, 7) is 2.08. The molecule has 0 spiro atoms. The van der Waals surface area contributed by atoms with Crippen LogP contribution in [0.3, 0.4) is 0 Å². The quantitative estimate of drug-likeness (QED) is 0.587. The van der Waals surface area contributed by atoms with E-state index in [1.54, 1.807) is 0 Å². The number of methoxy groups -OCH3 is 1. The Balaban J connectivity index is 2.41. The third-order valence-electron chi connectivity index (χ3n) is 4.02. The van der Waals surface area contributed by atoms with E-state index in [4.69, 9.17) is 9.94 Å². The Hall–Kier alpha value is -2.49. The molecular formula is C16H19F3N2O5. The summed E-state index contributed by atoms with van der Waals surface area (Å²) >= 11 is 0. The third kappa shape index (κ3) is 4.18. The summed E-state index contributed by atoms with van der Waals surface area (Å²) < 4.78 is 47.2. The molecule has 0 aliphatic carbocycles. The van der Waals surface area contributed by atoms with Gasteiger partial charge in [0.1, 0.15) is 6.04 Å². The van der Waals surface area contributed by atoms with E-state index in [1.807, 2.05) is 6.92 Å². The van der Waals surface area contributed by atoms with Gasteiger partial charge in [0, 0.05) is 12.1 Å². The number of nitrogens with zero attached hydrogens (tertiary/aromatic N) is 1. The molecule has 1 saturated heterocycles. The Morgan fingerprint density at radius 3 is 2.54 bits per heavy atom. The van der Waals surface area contributed by atoms with Crippen molar-refractivity contribution in [3.05, 3.63) is 23.3 Å². The molecule has 0 saturated carbocycles. The number of alkyl halides is 3. The summed E-state index contributed by atoms with van der Waals surface area (Å²) in [5, 5.41) is 8.70. The highest BCUT2D eigenvalue weighted by Gasteiger charge is 2.39. The van der Waals surface area contributed by atoms with Crippen LogP contribution in [-0.4, -0.2) is 48.0 Å². The van der Waals surface area contributed by atoms with Gasteiger partial charge in [-0.05, 0) is 30.5 Å². The van der Waals surface area contributed by atoms with Gasteiger partial charge in [-0.2, -0.15) is 0 Å². The fourth-order valence-electron chi connectivity index (χ4n) is 2.81. The van der Waals surface area contributed by atoms with Crippen LogP contribution >= 0.6 is 0 Å². The van der Waals surface area contributed by atoms with Gasteiger partial charge in [-0.25, -0.2) is 5.48 Å². The van der Waals surface area contributed by atoms with Crippen molar-refractivity contribution in [1.29, 1.82) is 0 Å². The normalized spacial score (nSPS) is 16.7. The molecule has 0 aromatic heterocycles. The van der Waals surface area contributed by atoms with Crippen LogP contribution in [0.25, 0.3) is 0 Å². The van der Waals surface area contributed by atoms with E-state index in [0.717, 1.165) is 6.07 Å². The number of amides is 2. The van der Waals surface area contributed by atoms with E-state index in [1.165, 1.54) is 23.6 Å². The maximum Gasteiger partial charge on any atom is 0.573 e. The first-order chi connectivity index (χ1) is 12.2. The van der Waals surface area contributed by atoms with Gasteiger partial charge in [0.05, 0.1) is 7.11 Å². The molecule has 0 radical (unpaired) electrons. The zero-order valence-electron chi connectivity index (χ0n) is 14.2. The number of hydroxylamine groups is 1. The predicted octanol–water partition coefficient (Wildman–Crippen LogP) is 2.27. The van der Waals surface area contributed by atoms with Crippen LogP contribution < -0.4 is 15.0 Å². The first-order valence-electron chi connectivity index (χ1n) is 7.93. The largest absolute Gasteiger partial charge is 0.573 e. The van der Waals surface area contributed by atoms with Gasteiger partial charge < -0.3 is 14.4 Å². The molecule has 144 valence electrons. The molecule has 0 bridgehead atoms. The van der Waals surface area contributed by atoms with E-state index >= 15 is 0 Å². The number of likely N-dealkylation sites (tertiary alicyclic amines) is 1.